The third kappa shape index (κ3) is 4.89. The van der Waals surface area contributed by atoms with E-state index in [0.717, 1.165) is 31.2 Å². The molecule has 27 heavy (non-hydrogen) atoms. The molecule has 1 aliphatic rings. The van der Waals surface area contributed by atoms with Crippen molar-refractivity contribution in [2.75, 3.05) is 17.1 Å². The van der Waals surface area contributed by atoms with Crippen molar-refractivity contribution < 1.29 is 13.2 Å². The molecule has 0 saturated carbocycles. The van der Waals surface area contributed by atoms with Crippen molar-refractivity contribution in [3.05, 3.63) is 65.2 Å². The second-order valence-corrected chi connectivity index (χ2v) is 9.09. The van der Waals surface area contributed by atoms with Gasteiger partial charge >= 0.3 is 0 Å². The van der Waals surface area contributed by atoms with Crippen LogP contribution in [0.4, 0.5) is 5.69 Å². The Bertz CT molecular complexity index is 910. The summed E-state index contributed by atoms with van der Waals surface area (Å²) in [7, 11) is -3.29. The number of rotatable bonds is 6. The van der Waals surface area contributed by atoms with Crippen molar-refractivity contribution in [3.63, 3.8) is 0 Å². The van der Waals surface area contributed by atoms with Crippen LogP contribution in [0.25, 0.3) is 0 Å². The Balaban J connectivity index is 1.65. The number of carbonyl (C=O) groups excluding carboxylic acids is 1. The number of amides is 1. The van der Waals surface area contributed by atoms with E-state index in [1.807, 2.05) is 31.2 Å². The van der Waals surface area contributed by atoms with Crippen molar-refractivity contribution in [2.24, 2.45) is 0 Å². The van der Waals surface area contributed by atoms with Crippen LogP contribution in [0.1, 0.15) is 41.3 Å². The molecule has 0 spiro atoms. The highest BCUT2D eigenvalue weighted by molar-refractivity contribution is 7.92. The molecule has 0 saturated heterocycles. The Morgan fingerprint density at radius 1 is 1.19 bits per heavy atom. The molecule has 1 N–H and O–H groups in total. The van der Waals surface area contributed by atoms with Gasteiger partial charge in [-0.05, 0) is 61.9 Å². The molecule has 0 radical (unpaired) electrons. The number of hydrogen-bond acceptors (Lipinski definition) is 3. The average molecular weight is 387 g/mol. The molecule has 1 heterocycles. The second kappa shape index (κ2) is 8.13. The molecule has 1 aliphatic heterocycles. The molecule has 0 aliphatic carbocycles. The molecular formula is C21H26N2O3S. The fourth-order valence-electron chi connectivity index (χ4n) is 3.46. The van der Waals surface area contributed by atoms with E-state index in [1.54, 1.807) is 12.1 Å². The fraction of sp³-hybridized carbons (Fsp3) is 0.381. The minimum absolute atomic E-state index is 0.0567. The predicted octanol–water partition coefficient (Wildman–Crippen LogP) is 3.15. The molecule has 3 rings (SSSR count). The predicted molar refractivity (Wildman–Crippen MR) is 109 cm³/mol. The van der Waals surface area contributed by atoms with Gasteiger partial charge in [-0.3, -0.25) is 9.10 Å². The summed E-state index contributed by atoms with van der Waals surface area (Å²) in [6.07, 6.45) is 4.54. The molecule has 1 amide bonds. The first kappa shape index (κ1) is 19.4. The van der Waals surface area contributed by atoms with Gasteiger partial charge in [0.15, 0.2) is 0 Å². The van der Waals surface area contributed by atoms with Crippen LogP contribution in [-0.2, 0) is 22.9 Å². The third-order valence-corrected chi connectivity index (χ3v) is 6.08. The topological polar surface area (TPSA) is 66.5 Å². The number of sulfonamides is 1. The molecule has 2 aromatic rings. The molecule has 6 heteroatoms. The van der Waals surface area contributed by atoms with Crippen molar-refractivity contribution in [3.8, 4) is 0 Å². The summed E-state index contributed by atoms with van der Waals surface area (Å²) >= 11 is 0. The van der Waals surface area contributed by atoms with Gasteiger partial charge < -0.3 is 5.32 Å². The van der Waals surface area contributed by atoms with Crippen LogP contribution in [0.3, 0.4) is 0 Å². The van der Waals surface area contributed by atoms with Gasteiger partial charge in [-0.25, -0.2) is 8.42 Å². The van der Waals surface area contributed by atoms with E-state index in [1.165, 1.54) is 16.1 Å². The summed E-state index contributed by atoms with van der Waals surface area (Å²) in [4.78, 5) is 12.6. The van der Waals surface area contributed by atoms with Crippen molar-refractivity contribution >= 4 is 21.6 Å². The maximum Gasteiger partial charge on any atom is 0.251 e. The molecule has 5 nitrogen and oxygen atoms in total. The first-order chi connectivity index (χ1) is 12.8. The SMILES string of the molecule is CC(CCc1ccccc1)NC(=O)c1ccc2c(c1)CCCN2S(C)(=O)=O. The van der Waals surface area contributed by atoms with E-state index in [4.69, 9.17) is 0 Å². The number of carbonyl (C=O) groups is 1. The zero-order valence-electron chi connectivity index (χ0n) is 15.8. The van der Waals surface area contributed by atoms with Gasteiger partial charge in [-0.15, -0.1) is 0 Å². The number of anilines is 1. The zero-order valence-corrected chi connectivity index (χ0v) is 16.6. The number of nitrogens with one attached hydrogen (secondary N) is 1. The summed E-state index contributed by atoms with van der Waals surface area (Å²) in [5.74, 6) is -0.116. The van der Waals surface area contributed by atoms with Gasteiger partial charge in [-0.2, -0.15) is 0 Å². The lowest BCUT2D eigenvalue weighted by Gasteiger charge is -2.29. The Morgan fingerprint density at radius 2 is 1.93 bits per heavy atom. The Morgan fingerprint density at radius 3 is 2.63 bits per heavy atom. The van der Waals surface area contributed by atoms with Crippen LogP contribution in [0.5, 0.6) is 0 Å². The number of fused-ring (bicyclic) bond motifs is 1. The highest BCUT2D eigenvalue weighted by Gasteiger charge is 2.24. The lowest BCUT2D eigenvalue weighted by Crippen LogP contribution is -2.35. The summed E-state index contributed by atoms with van der Waals surface area (Å²) in [6.45, 7) is 2.50. The summed E-state index contributed by atoms with van der Waals surface area (Å²) in [5.41, 5.74) is 3.44. The smallest absolute Gasteiger partial charge is 0.251 e. The molecule has 0 aromatic heterocycles. The largest absolute Gasteiger partial charge is 0.350 e. The van der Waals surface area contributed by atoms with Gasteiger partial charge in [0.2, 0.25) is 10.0 Å². The van der Waals surface area contributed by atoms with Crippen LogP contribution in [0.15, 0.2) is 48.5 Å². The quantitative estimate of drug-likeness (QED) is 0.829. The number of hydrogen-bond donors (Lipinski definition) is 1. The molecule has 0 bridgehead atoms. The number of aryl methyl sites for hydroxylation is 2. The molecular weight excluding hydrogens is 360 g/mol. The highest BCUT2D eigenvalue weighted by Crippen LogP contribution is 2.29. The molecule has 1 atom stereocenters. The maximum atomic E-state index is 12.6. The normalized spacial score (nSPS) is 15.1. The summed E-state index contributed by atoms with van der Waals surface area (Å²) in [6, 6.07) is 15.6. The van der Waals surface area contributed by atoms with Crippen LogP contribution in [0, 0.1) is 0 Å². The van der Waals surface area contributed by atoms with E-state index in [-0.39, 0.29) is 11.9 Å². The number of benzene rings is 2. The van der Waals surface area contributed by atoms with Crippen molar-refractivity contribution in [2.45, 2.75) is 38.6 Å². The molecule has 1 unspecified atom stereocenters. The zero-order chi connectivity index (χ0) is 19.4. The Kier molecular flexibility index (Phi) is 5.85. The van der Waals surface area contributed by atoms with Gasteiger partial charge in [0.05, 0.1) is 11.9 Å². The monoisotopic (exact) mass is 386 g/mol. The molecule has 144 valence electrons. The Labute approximate surface area is 161 Å². The van der Waals surface area contributed by atoms with Gasteiger partial charge in [0, 0.05) is 18.2 Å². The fourth-order valence-corrected chi connectivity index (χ4v) is 4.45. The Hall–Kier alpha value is -2.34. The second-order valence-electron chi connectivity index (χ2n) is 7.18. The first-order valence-electron chi connectivity index (χ1n) is 9.30. The summed E-state index contributed by atoms with van der Waals surface area (Å²) in [5, 5.41) is 3.04. The van der Waals surface area contributed by atoms with Crippen molar-refractivity contribution in [1.29, 1.82) is 0 Å². The van der Waals surface area contributed by atoms with Crippen LogP contribution in [-0.4, -0.2) is 33.2 Å². The van der Waals surface area contributed by atoms with Gasteiger partial charge in [0.25, 0.3) is 5.91 Å². The van der Waals surface area contributed by atoms with E-state index >= 15 is 0 Å². The van der Waals surface area contributed by atoms with E-state index < -0.39 is 10.0 Å². The standard InChI is InChI=1S/C21H26N2O3S/c1-16(10-11-17-7-4-3-5-8-17)22-21(24)19-12-13-20-18(15-19)9-6-14-23(20)27(2,25)26/h3-5,7-8,12-13,15-16H,6,9-11,14H2,1-2H3,(H,22,24). The van der Waals surface area contributed by atoms with Crippen molar-refractivity contribution in [1.82, 2.24) is 5.32 Å². The van der Waals surface area contributed by atoms with E-state index in [2.05, 4.69) is 17.4 Å². The molecule has 2 aromatic carbocycles. The van der Waals surface area contributed by atoms with Crippen LogP contribution in [0.2, 0.25) is 0 Å². The van der Waals surface area contributed by atoms with Gasteiger partial charge in [-0.1, -0.05) is 30.3 Å². The lowest BCUT2D eigenvalue weighted by atomic mass is 10.00. The van der Waals surface area contributed by atoms with E-state index in [0.29, 0.717) is 17.8 Å². The summed E-state index contributed by atoms with van der Waals surface area (Å²) < 4.78 is 25.3. The van der Waals surface area contributed by atoms with Crippen LogP contribution < -0.4 is 9.62 Å². The molecule has 0 fully saturated rings. The third-order valence-electron chi connectivity index (χ3n) is 4.90. The maximum absolute atomic E-state index is 12.6. The van der Waals surface area contributed by atoms with Crippen LogP contribution >= 0.6 is 0 Å². The highest BCUT2D eigenvalue weighted by atomic mass is 32.2. The first-order valence-corrected chi connectivity index (χ1v) is 11.1. The van der Waals surface area contributed by atoms with Gasteiger partial charge in [0.1, 0.15) is 0 Å². The van der Waals surface area contributed by atoms with E-state index in [9.17, 15) is 13.2 Å². The number of nitrogens with zero attached hydrogens (tertiary/aromatic N) is 1. The lowest BCUT2D eigenvalue weighted by molar-refractivity contribution is 0.0938. The minimum Gasteiger partial charge on any atom is -0.350 e. The minimum atomic E-state index is -3.29. The average Bonchev–Trinajstić information content (AvgIpc) is 2.65.